The van der Waals surface area contributed by atoms with Crippen LogP contribution in [0.4, 0.5) is 0 Å². The summed E-state index contributed by atoms with van der Waals surface area (Å²) >= 11 is 0. The molecule has 1 heterocycles. The lowest BCUT2D eigenvalue weighted by atomic mass is 10.4. The molecular formula is C10H9N3O4. The molecule has 0 bridgehead atoms. The van der Waals surface area contributed by atoms with Crippen molar-refractivity contribution in [2.45, 2.75) is 0 Å². The molecule has 1 aromatic heterocycles. The lowest BCUT2D eigenvalue weighted by Crippen LogP contribution is -1.94. The molecule has 0 radical (unpaired) electrons. The number of carboxylic acids is 2. The Morgan fingerprint density at radius 1 is 1.53 bits per heavy atom. The zero-order valence-electron chi connectivity index (χ0n) is 8.62. The van der Waals surface area contributed by atoms with Crippen LogP contribution in [0.5, 0.6) is 0 Å². The molecule has 1 rings (SSSR count). The van der Waals surface area contributed by atoms with Crippen molar-refractivity contribution in [2.24, 2.45) is 0 Å². The summed E-state index contributed by atoms with van der Waals surface area (Å²) in [6.07, 6.45) is 5.52. The van der Waals surface area contributed by atoms with Gasteiger partial charge in [-0.1, -0.05) is 6.58 Å². The van der Waals surface area contributed by atoms with Gasteiger partial charge in [0.25, 0.3) is 0 Å². The quantitative estimate of drug-likeness (QED) is 0.521. The van der Waals surface area contributed by atoms with Crippen LogP contribution in [0.1, 0.15) is 5.69 Å². The monoisotopic (exact) mass is 235 g/mol. The van der Waals surface area contributed by atoms with Gasteiger partial charge in [0.1, 0.15) is 11.6 Å². The minimum absolute atomic E-state index is 0.431. The van der Waals surface area contributed by atoms with E-state index in [1.54, 1.807) is 6.20 Å². The molecule has 0 amide bonds. The summed E-state index contributed by atoms with van der Waals surface area (Å²) in [5, 5.41) is 23.8. The second-order valence-electron chi connectivity index (χ2n) is 2.57. The minimum Gasteiger partial charge on any atom is -0.478 e. The Kier molecular flexibility index (Phi) is 6.16. The summed E-state index contributed by atoms with van der Waals surface area (Å²) in [6, 6.07) is 1.37. The largest absolute Gasteiger partial charge is 0.478 e. The van der Waals surface area contributed by atoms with Gasteiger partial charge < -0.3 is 15.2 Å². The van der Waals surface area contributed by atoms with E-state index in [0.29, 0.717) is 5.69 Å². The average molecular weight is 235 g/mol. The molecule has 0 unspecified atom stereocenters. The Bertz CT molecular complexity index is 468. The second-order valence-corrected chi connectivity index (χ2v) is 2.57. The molecule has 0 aliphatic rings. The first kappa shape index (κ1) is 14.1. The molecule has 88 valence electrons. The van der Waals surface area contributed by atoms with Gasteiger partial charge in [-0.2, -0.15) is 5.26 Å². The van der Waals surface area contributed by atoms with Gasteiger partial charge in [0.15, 0.2) is 0 Å². The van der Waals surface area contributed by atoms with E-state index in [4.69, 9.17) is 15.5 Å². The summed E-state index contributed by atoms with van der Waals surface area (Å²) in [5.41, 5.74) is 0.252. The zero-order valence-corrected chi connectivity index (χ0v) is 8.62. The first-order valence-corrected chi connectivity index (χ1v) is 4.19. The normalized spacial score (nSPS) is 8.88. The van der Waals surface area contributed by atoms with E-state index in [0.717, 1.165) is 6.08 Å². The van der Waals surface area contributed by atoms with Gasteiger partial charge in [0, 0.05) is 6.08 Å². The predicted octanol–water partition coefficient (Wildman–Crippen LogP) is 0.658. The highest BCUT2D eigenvalue weighted by Gasteiger charge is 1.97. The van der Waals surface area contributed by atoms with Crippen molar-refractivity contribution >= 4 is 18.0 Å². The van der Waals surface area contributed by atoms with E-state index < -0.39 is 17.5 Å². The Balaban J connectivity index is 0.000000325. The summed E-state index contributed by atoms with van der Waals surface area (Å²) in [7, 11) is 0. The second kappa shape index (κ2) is 7.42. The maximum Gasteiger partial charge on any atom is 0.345 e. The van der Waals surface area contributed by atoms with Crippen LogP contribution < -0.4 is 0 Å². The van der Waals surface area contributed by atoms with Crippen LogP contribution in [0, 0.1) is 11.3 Å². The summed E-state index contributed by atoms with van der Waals surface area (Å²) < 4.78 is 0. The lowest BCUT2D eigenvalue weighted by Gasteiger charge is -1.79. The number of nitrogens with one attached hydrogen (secondary N) is 1. The number of rotatable bonds is 3. The number of hydrogen-bond acceptors (Lipinski definition) is 4. The number of hydrogen-bond donors (Lipinski definition) is 3. The number of aliphatic carboxylic acids is 2. The smallest absolute Gasteiger partial charge is 0.345 e. The van der Waals surface area contributed by atoms with Gasteiger partial charge in [0.05, 0.1) is 18.2 Å². The molecule has 0 aliphatic heterocycles. The number of nitrogens with zero attached hydrogens (tertiary/aromatic N) is 2. The van der Waals surface area contributed by atoms with Crippen LogP contribution in [-0.4, -0.2) is 32.1 Å². The van der Waals surface area contributed by atoms with Crippen LogP contribution in [0.2, 0.25) is 0 Å². The Labute approximate surface area is 96.3 Å². The fourth-order valence-corrected chi connectivity index (χ4v) is 0.567. The number of imidazole rings is 1. The lowest BCUT2D eigenvalue weighted by molar-refractivity contribution is -0.132. The Morgan fingerprint density at radius 3 is 2.47 bits per heavy atom. The number of aromatic amines is 1. The molecule has 0 saturated carbocycles. The third-order valence-electron chi connectivity index (χ3n) is 1.32. The summed E-state index contributed by atoms with van der Waals surface area (Å²) in [6.45, 7) is 2.91. The van der Waals surface area contributed by atoms with Gasteiger partial charge in [-0.15, -0.1) is 0 Å². The topological polar surface area (TPSA) is 127 Å². The van der Waals surface area contributed by atoms with Crippen molar-refractivity contribution in [2.75, 3.05) is 0 Å². The first-order chi connectivity index (χ1) is 7.97. The first-order valence-electron chi connectivity index (χ1n) is 4.19. The highest BCUT2D eigenvalue weighted by Crippen LogP contribution is 1.92. The number of H-pyrrole nitrogens is 1. The highest BCUT2D eigenvalue weighted by atomic mass is 16.4. The molecular weight excluding hydrogens is 226 g/mol. The van der Waals surface area contributed by atoms with E-state index in [9.17, 15) is 9.59 Å². The fourth-order valence-electron chi connectivity index (χ4n) is 0.567. The van der Waals surface area contributed by atoms with E-state index in [2.05, 4.69) is 16.5 Å². The van der Waals surface area contributed by atoms with Crippen molar-refractivity contribution in [3.05, 3.63) is 36.4 Å². The number of carbonyl (C=O) groups is 2. The van der Waals surface area contributed by atoms with Gasteiger partial charge in [-0.3, -0.25) is 0 Å². The third-order valence-corrected chi connectivity index (χ3v) is 1.32. The van der Waals surface area contributed by atoms with Crippen molar-refractivity contribution in [1.29, 1.82) is 5.26 Å². The van der Waals surface area contributed by atoms with Crippen LogP contribution >= 0.6 is 0 Å². The minimum atomic E-state index is -1.26. The predicted molar refractivity (Wildman–Crippen MR) is 57.6 cm³/mol. The molecule has 0 aliphatic carbocycles. The SMILES string of the molecule is C=C(C#N)C(=O)O.O=C(O)C=Cc1cnc[nH]1. The van der Waals surface area contributed by atoms with Crippen molar-refractivity contribution in [1.82, 2.24) is 9.97 Å². The van der Waals surface area contributed by atoms with Crippen molar-refractivity contribution < 1.29 is 19.8 Å². The van der Waals surface area contributed by atoms with Crippen molar-refractivity contribution in [3.63, 3.8) is 0 Å². The Hall–Kier alpha value is -2.88. The number of carboxylic acid groups (broad SMARTS) is 2. The van der Waals surface area contributed by atoms with E-state index in [-0.39, 0.29) is 0 Å². The molecule has 1 aromatic rings. The van der Waals surface area contributed by atoms with Gasteiger partial charge in [0.2, 0.25) is 0 Å². The van der Waals surface area contributed by atoms with Crippen LogP contribution in [0.3, 0.4) is 0 Å². The summed E-state index contributed by atoms with van der Waals surface area (Å²) in [4.78, 5) is 26.0. The van der Waals surface area contributed by atoms with E-state index >= 15 is 0 Å². The zero-order chi connectivity index (χ0) is 13.3. The highest BCUT2D eigenvalue weighted by molar-refractivity contribution is 5.90. The molecule has 3 N–H and O–H groups in total. The van der Waals surface area contributed by atoms with Gasteiger partial charge in [-0.25, -0.2) is 14.6 Å². The number of aromatic nitrogens is 2. The maximum atomic E-state index is 9.97. The summed E-state index contributed by atoms with van der Waals surface area (Å²) in [5.74, 6) is -2.22. The molecule has 0 saturated heterocycles. The average Bonchev–Trinajstić information content (AvgIpc) is 2.78. The van der Waals surface area contributed by atoms with Crippen LogP contribution in [0.15, 0.2) is 30.8 Å². The molecule has 0 fully saturated rings. The van der Waals surface area contributed by atoms with Crippen LogP contribution in [-0.2, 0) is 9.59 Å². The molecule has 7 nitrogen and oxygen atoms in total. The standard InChI is InChI=1S/C6H6N2O2.C4H3NO2/c9-6(10)2-1-5-3-7-4-8-5;1-3(2-5)4(6)7/h1-4H,(H,7,8)(H,9,10);1H2,(H,6,7). The molecule has 7 heteroatoms. The molecule has 0 aromatic carbocycles. The Morgan fingerprint density at radius 2 is 2.18 bits per heavy atom. The molecule has 0 spiro atoms. The maximum absolute atomic E-state index is 9.97. The van der Waals surface area contributed by atoms with Gasteiger partial charge >= 0.3 is 11.9 Å². The molecule has 0 atom stereocenters. The third kappa shape index (κ3) is 7.10. The van der Waals surface area contributed by atoms with E-state index in [1.165, 1.54) is 18.5 Å². The van der Waals surface area contributed by atoms with Gasteiger partial charge in [-0.05, 0) is 6.08 Å². The van der Waals surface area contributed by atoms with Crippen LogP contribution in [0.25, 0.3) is 6.08 Å². The molecule has 17 heavy (non-hydrogen) atoms. The van der Waals surface area contributed by atoms with E-state index in [1.807, 2.05) is 0 Å². The van der Waals surface area contributed by atoms with Crippen molar-refractivity contribution in [3.8, 4) is 6.07 Å². The fraction of sp³-hybridized carbons (Fsp3) is 0. The number of nitriles is 1.